The summed E-state index contributed by atoms with van der Waals surface area (Å²) in [7, 11) is 0. The number of halogens is 3. The second-order valence-corrected chi connectivity index (χ2v) is 5.44. The molecule has 0 bridgehead atoms. The van der Waals surface area contributed by atoms with Gasteiger partial charge in [0.25, 0.3) is 0 Å². The van der Waals surface area contributed by atoms with Crippen molar-refractivity contribution in [3.63, 3.8) is 0 Å². The molecule has 3 N–H and O–H groups in total. The van der Waals surface area contributed by atoms with Crippen molar-refractivity contribution < 1.29 is 22.8 Å². The van der Waals surface area contributed by atoms with Crippen LogP contribution in [0.4, 0.5) is 29.3 Å². The lowest BCUT2D eigenvalue weighted by Crippen LogP contribution is -2.36. The Morgan fingerprint density at radius 1 is 0.962 bits per heavy atom. The Hall–Kier alpha value is -3.03. The second-order valence-electron chi connectivity index (χ2n) is 5.44. The molecule has 0 radical (unpaired) electrons. The van der Waals surface area contributed by atoms with Gasteiger partial charge < -0.3 is 16.0 Å². The van der Waals surface area contributed by atoms with Crippen LogP contribution in [0.3, 0.4) is 0 Å². The van der Waals surface area contributed by atoms with Crippen LogP contribution in [-0.2, 0) is 17.4 Å². The largest absolute Gasteiger partial charge is 0.416 e. The van der Waals surface area contributed by atoms with Crippen molar-refractivity contribution in [2.75, 3.05) is 17.2 Å². The van der Waals surface area contributed by atoms with Gasteiger partial charge in [0.15, 0.2) is 0 Å². The molecule has 0 aliphatic carbocycles. The van der Waals surface area contributed by atoms with Gasteiger partial charge in [-0.3, -0.25) is 4.79 Å². The maximum atomic E-state index is 12.5. The molecule has 0 saturated carbocycles. The summed E-state index contributed by atoms with van der Waals surface area (Å²) in [6.07, 6.45) is -3.69. The van der Waals surface area contributed by atoms with Crippen LogP contribution >= 0.6 is 0 Å². The number of alkyl halides is 3. The van der Waals surface area contributed by atoms with Crippen molar-refractivity contribution in [2.45, 2.75) is 19.5 Å². The molecule has 0 aliphatic heterocycles. The minimum Gasteiger partial charge on any atom is -0.329 e. The number of amides is 3. The summed E-state index contributed by atoms with van der Waals surface area (Å²) in [4.78, 5) is 23.7. The number of aryl methyl sites for hydroxylation is 1. The minimum atomic E-state index is -4.43. The highest BCUT2D eigenvalue weighted by molar-refractivity contribution is 5.97. The van der Waals surface area contributed by atoms with Crippen molar-refractivity contribution in [1.82, 2.24) is 5.32 Å². The highest BCUT2D eigenvalue weighted by Crippen LogP contribution is 2.29. The molecule has 138 valence electrons. The van der Waals surface area contributed by atoms with E-state index in [0.717, 1.165) is 36.2 Å². The van der Waals surface area contributed by atoms with E-state index in [9.17, 15) is 22.8 Å². The Morgan fingerprint density at radius 3 is 2.23 bits per heavy atom. The van der Waals surface area contributed by atoms with E-state index < -0.39 is 23.7 Å². The van der Waals surface area contributed by atoms with Crippen LogP contribution in [-0.4, -0.2) is 18.5 Å². The van der Waals surface area contributed by atoms with Crippen LogP contribution in [0.5, 0.6) is 0 Å². The fourth-order valence-electron chi connectivity index (χ4n) is 2.23. The molecule has 2 aromatic carbocycles. The molecule has 8 heteroatoms. The zero-order chi connectivity index (χ0) is 19.2. The Bertz CT molecular complexity index is 774. The molecule has 0 aliphatic rings. The third-order valence-corrected chi connectivity index (χ3v) is 3.55. The number of hydrogen-bond acceptors (Lipinski definition) is 2. The van der Waals surface area contributed by atoms with E-state index in [1.165, 1.54) is 0 Å². The number of nitrogens with one attached hydrogen (secondary N) is 3. The monoisotopic (exact) mass is 365 g/mol. The van der Waals surface area contributed by atoms with Crippen LogP contribution < -0.4 is 16.0 Å². The SMILES string of the molecule is CCc1ccccc1NC(=O)NCC(=O)Nc1ccc(C(F)(F)F)cc1. The quantitative estimate of drug-likeness (QED) is 0.749. The van der Waals surface area contributed by atoms with Crippen LogP contribution in [0.25, 0.3) is 0 Å². The van der Waals surface area contributed by atoms with Gasteiger partial charge in [-0.15, -0.1) is 0 Å². The number of rotatable bonds is 5. The predicted octanol–water partition coefficient (Wildman–Crippen LogP) is 4.03. The molecule has 5 nitrogen and oxygen atoms in total. The molecule has 0 saturated heterocycles. The van der Waals surface area contributed by atoms with Crippen molar-refractivity contribution >= 4 is 23.3 Å². The number of anilines is 2. The maximum Gasteiger partial charge on any atom is 0.416 e. The first-order valence-corrected chi connectivity index (χ1v) is 7.89. The number of carbonyl (C=O) groups is 2. The van der Waals surface area contributed by atoms with Gasteiger partial charge in [0, 0.05) is 11.4 Å². The fourth-order valence-corrected chi connectivity index (χ4v) is 2.23. The second kappa shape index (κ2) is 8.37. The smallest absolute Gasteiger partial charge is 0.329 e. The molecule has 0 fully saturated rings. The van der Waals surface area contributed by atoms with Crippen molar-refractivity contribution in [1.29, 1.82) is 0 Å². The first-order valence-electron chi connectivity index (χ1n) is 7.89. The van der Waals surface area contributed by atoms with Crippen LogP contribution in [0.1, 0.15) is 18.1 Å². The Balaban J connectivity index is 1.84. The van der Waals surface area contributed by atoms with Gasteiger partial charge in [0.2, 0.25) is 5.91 Å². The van der Waals surface area contributed by atoms with Gasteiger partial charge in [-0.2, -0.15) is 13.2 Å². The van der Waals surface area contributed by atoms with E-state index in [1.807, 2.05) is 19.1 Å². The highest BCUT2D eigenvalue weighted by Gasteiger charge is 2.29. The zero-order valence-electron chi connectivity index (χ0n) is 14.0. The Labute approximate surface area is 148 Å². The molecule has 26 heavy (non-hydrogen) atoms. The topological polar surface area (TPSA) is 70.2 Å². The lowest BCUT2D eigenvalue weighted by atomic mass is 10.1. The predicted molar refractivity (Wildman–Crippen MR) is 92.9 cm³/mol. The van der Waals surface area contributed by atoms with Crippen LogP contribution in [0.15, 0.2) is 48.5 Å². The number of urea groups is 1. The number of benzene rings is 2. The van der Waals surface area contributed by atoms with E-state index in [4.69, 9.17) is 0 Å². The highest BCUT2D eigenvalue weighted by atomic mass is 19.4. The fraction of sp³-hybridized carbons (Fsp3) is 0.222. The molecule has 0 spiro atoms. The zero-order valence-corrected chi connectivity index (χ0v) is 14.0. The molecule has 3 amide bonds. The summed E-state index contributed by atoms with van der Waals surface area (Å²) in [6.45, 7) is 1.64. The lowest BCUT2D eigenvalue weighted by Gasteiger charge is -2.11. The first kappa shape index (κ1) is 19.3. The summed E-state index contributed by atoms with van der Waals surface area (Å²) in [5.41, 5.74) is 1.01. The number of hydrogen-bond donors (Lipinski definition) is 3. The van der Waals surface area contributed by atoms with Gasteiger partial charge in [0.1, 0.15) is 0 Å². The molecule has 0 aromatic heterocycles. The van der Waals surface area contributed by atoms with E-state index in [0.29, 0.717) is 5.69 Å². The third-order valence-electron chi connectivity index (χ3n) is 3.55. The van der Waals surface area contributed by atoms with Crippen molar-refractivity contribution in [2.24, 2.45) is 0 Å². The van der Waals surface area contributed by atoms with Gasteiger partial charge >= 0.3 is 12.2 Å². The summed E-state index contributed by atoms with van der Waals surface area (Å²) in [6, 6.07) is 10.8. The van der Waals surface area contributed by atoms with E-state index >= 15 is 0 Å². The molecule has 0 atom stereocenters. The number of carbonyl (C=O) groups excluding carboxylic acids is 2. The average molecular weight is 365 g/mol. The van der Waals surface area contributed by atoms with Gasteiger partial charge in [0.05, 0.1) is 12.1 Å². The summed E-state index contributed by atoms with van der Waals surface area (Å²) in [5.74, 6) is -0.552. The average Bonchev–Trinajstić information content (AvgIpc) is 2.60. The van der Waals surface area contributed by atoms with Crippen molar-refractivity contribution in [3.8, 4) is 0 Å². The molecule has 0 unspecified atom stereocenters. The molecule has 2 rings (SSSR count). The third kappa shape index (κ3) is 5.51. The maximum absolute atomic E-state index is 12.5. The molecule has 2 aromatic rings. The molecular formula is C18H18F3N3O2. The Kier molecular flexibility index (Phi) is 6.21. The van der Waals surface area contributed by atoms with Gasteiger partial charge in [-0.25, -0.2) is 4.79 Å². The van der Waals surface area contributed by atoms with E-state index in [2.05, 4.69) is 16.0 Å². The minimum absolute atomic E-state index is 0.210. The van der Waals surface area contributed by atoms with Gasteiger partial charge in [-0.1, -0.05) is 25.1 Å². The number of para-hydroxylation sites is 1. The summed E-state index contributed by atoms with van der Waals surface area (Å²) >= 11 is 0. The standard InChI is InChI=1S/C18H18F3N3O2/c1-2-12-5-3-4-6-15(12)24-17(26)22-11-16(25)23-14-9-7-13(8-10-14)18(19,20)21/h3-10H,2,11H2,1H3,(H,23,25)(H2,22,24,26). The van der Waals surface area contributed by atoms with E-state index in [1.54, 1.807) is 12.1 Å². The summed E-state index contributed by atoms with van der Waals surface area (Å²) in [5, 5.41) is 7.46. The first-order chi connectivity index (χ1) is 12.3. The lowest BCUT2D eigenvalue weighted by molar-refractivity contribution is -0.137. The molecule has 0 heterocycles. The van der Waals surface area contributed by atoms with E-state index in [-0.39, 0.29) is 12.2 Å². The Morgan fingerprint density at radius 2 is 1.62 bits per heavy atom. The van der Waals surface area contributed by atoms with Crippen molar-refractivity contribution in [3.05, 3.63) is 59.7 Å². The van der Waals surface area contributed by atoms with Crippen LogP contribution in [0.2, 0.25) is 0 Å². The van der Waals surface area contributed by atoms with Gasteiger partial charge in [-0.05, 0) is 42.3 Å². The van der Waals surface area contributed by atoms with Crippen LogP contribution in [0, 0.1) is 0 Å². The normalized spacial score (nSPS) is 10.9. The molecular weight excluding hydrogens is 347 g/mol. The summed E-state index contributed by atoms with van der Waals surface area (Å²) < 4.78 is 37.4.